The molecule has 3 aromatic rings. The van der Waals surface area contributed by atoms with Crippen LogP contribution in [0.5, 0.6) is 5.75 Å². The van der Waals surface area contributed by atoms with E-state index in [1.807, 2.05) is 62.4 Å². The van der Waals surface area contributed by atoms with Gasteiger partial charge in [0.25, 0.3) is 0 Å². The third-order valence-electron chi connectivity index (χ3n) is 4.26. The first-order valence-corrected chi connectivity index (χ1v) is 8.74. The molecule has 26 heavy (non-hydrogen) atoms. The number of benzene rings is 2. The summed E-state index contributed by atoms with van der Waals surface area (Å²) in [5, 5.41) is 2.80. The van der Waals surface area contributed by atoms with E-state index < -0.39 is 0 Å². The molecule has 1 N–H and O–H groups in total. The highest BCUT2D eigenvalue weighted by atomic mass is 16.5. The number of aryl methyl sites for hydroxylation is 2. The number of imidazole rings is 1. The zero-order valence-corrected chi connectivity index (χ0v) is 15.1. The van der Waals surface area contributed by atoms with Crippen LogP contribution in [-0.2, 0) is 17.9 Å². The van der Waals surface area contributed by atoms with Crippen LogP contribution in [0.1, 0.15) is 12.5 Å². The van der Waals surface area contributed by atoms with Crippen molar-refractivity contribution in [3.05, 3.63) is 64.6 Å². The Bertz CT molecular complexity index is 955. The molecule has 0 radical (unpaired) electrons. The summed E-state index contributed by atoms with van der Waals surface area (Å²) in [5.74, 6) is 0.561. The second-order valence-electron chi connectivity index (χ2n) is 6.11. The van der Waals surface area contributed by atoms with E-state index in [-0.39, 0.29) is 18.1 Å². The van der Waals surface area contributed by atoms with Crippen molar-refractivity contribution in [1.29, 1.82) is 0 Å². The van der Waals surface area contributed by atoms with Gasteiger partial charge in [-0.3, -0.25) is 13.9 Å². The van der Waals surface area contributed by atoms with E-state index in [2.05, 4.69) is 5.32 Å². The molecule has 1 aromatic heterocycles. The molecule has 0 fully saturated rings. The Balaban J connectivity index is 1.58. The molecule has 3 rings (SSSR count). The number of carbonyl (C=O) groups excluding carboxylic acids is 1. The summed E-state index contributed by atoms with van der Waals surface area (Å²) < 4.78 is 8.77. The Morgan fingerprint density at radius 2 is 1.69 bits per heavy atom. The van der Waals surface area contributed by atoms with Crippen molar-refractivity contribution in [1.82, 2.24) is 14.5 Å². The first kappa shape index (κ1) is 17.8. The lowest BCUT2D eigenvalue weighted by atomic mass is 10.2. The maximum atomic E-state index is 12.5. The van der Waals surface area contributed by atoms with Crippen molar-refractivity contribution >= 4 is 16.9 Å². The molecule has 0 aliphatic rings. The van der Waals surface area contributed by atoms with Gasteiger partial charge in [0.05, 0.1) is 17.6 Å². The van der Waals surface area contributed by atoms with Gasteiger partial charge in [0.1, 0.15) is 18.9 Å². The average molecular weight is 353 g/mol. The van der Waals surface area contributed by atoms with Gasteiger partial charge < -0.3 is 10.1 Å². The zero-order chi connectivity index (χ0) is 18.5. The Morgan fingerprint density at radius 3 is 2.35 bits per heavy atom. The van der Waals surface area contributed by atoms with Crippen molar-refractivity contribution in [3.8, 4) is 5.75 Å². The summed E-state index contributed by atoms with van der Waals surface area (Å²) in [6.45, 7) is 5.26. The van der Waals surface area contributed by atoms with E-state index in [1.165, 1.54) is 10.1 Å². The van der Waals surface area contributed by atoms with Gasteiger partial charge >= 0.3 is 5.69 Å². The number of amides is 1. The summed E-state index contributed by atoms with van der Waals surface area (Å²) >= 11 is 0. The number of fused-ring (bicyclic) bond motifs is 1. The molecule has 0 aliphatic carbocycles. The van der Waals surface area contributed by atoms with Crippen LogP contribution in [0.2, 0.25) is 0 Å². The minimum atomic E-state index is -0.210. The minimum Gasteiger partial charge on any atom is -0.492 e. The highest BCUT2D eigenvalue weighted by Gasteiger charge is 2.14. The molecular weight excluding hydrogens is 330 g/mol. The van der Waals surface area contributed by atoms with Crippen molar-refractivity contribution in [3.63, 3.8) is 0 Å². The molecule has 0 saturated carbocycles. The molecule has 0 bridgehead atoms. The van der Waals surface area contributed by atoms with Crippen LogP contribution in [0.25, 0.3) is 11.0 Å². The van der Waals surface area contributed by atoms with Gasteiger partial charge in [0, 0.05) is 6.54 Å². The summed E-state index contributed by atoms with van der Waals surface area (Å²) in [4.78, 5) is 24.7. The number of nitrogens with zero attached hydrogens (tertiary/aromatic N) is 2. The van der Waals surface area contributed by atoms with E-state index in [0.29, 0.717) is 19.7 Å². The number of para-hydroxylation sites is 2. The van der Waals surface area contributed by atoms with E-state index in [9.17, 15) is 9.59 Å². The number of nitrogens with one attached hydrogen (secondary N) is 1. The predicted molar refractivity (Wildman–Crippen MR) is 102 cm³/mol. The number of hydrogen-bond donors (Lipinski definition) is 1. The van der Waals surface area contributed by atoms with Crippen LogP contribution in [0, 0.1) is 6.92 Å². The largest absolute Gasteiger partial charge is 0.492 e. The fourth-order valence-corrected chi connectivity index (χ4v) is 2.92. The van der Waals surface area contributed by atoms with Crippen LogP contribution in [0.4, 0.5) is 0 Å². The number of hydrogen-bond acceptors (Lipinski definition) is 3. The maximum Gasteiger partial charge on any atom is 0.329 e. The SMILES string of the molecule is CCn1c(=O)n(CC(=O)NCCOc2ccc(C)cc2)c2ccccc21. The first-order chi connectivity index (χ1) is 12.6. The van der Waals surface area contributed by atoms with Crippen molar-refractivity contribution < 1.29 is 9.53 Å². The van der Waals surface area contributed by atoms with Gasteiger partial charge in [0.2, 0.25) is 5.91 Å². The molecule has 1 heterocycles. The monoisotopic (exact) mass is 353 g/mol. The number of carbonyl (C=O) groups is 1. The summed E-state index contributed by atoms with van der Waals surface area (Å²) in [6, 6.07) is 15.3. The van der Waals surface area contributed by atoms with Crippen LogP contribution < -0.4 is 15.7 Å². The second-order valence-corrected chi connectivity index (χ2v) is 6.11. The third kappa shape index (κ3) is 3.79. The highest BCUT2D eigenvalue weighted by molar-refractivity contribution is 5.80. The molecule has 0 unspecified atom stereocenters. The van der Waals surface area contributed by atoms with Gasteiger partial charge in [-0.25, -0.2) is 4.79 Å². The van der Waals surface area contributed by atoms with Gasteiger partial charge in [-0.1, -0.05) is 29.8 Å². The smallest absolute Gasteiger partial charge is 0.329 e. The van der Waals surface area contributed by atoms with E-state index in [1.54, 1.807) is 4.57 Å². The molecule has 0 saturated heterocycles. The van der Waals surface area contributed by atoms with Crippen molar-refractivity contribution in [2.75, 3.05) is 13.2 Å². The fraction of sp³-hybridized carbons (Fsp3) is 0.300. The lowest BCUT2D eigenvalue weighted by Gasteiger charge is -2.08. The molecule has 6 nitrogen and oxygen atoms in total. The fourth-order valence-electron chi connectivity index (χ4n) is 2.92. The average Bonchev–Trinajstić information content (AvgIpc) is 2.91. The summed E-state index contributed by atoms with van der Waals surface area (Å²) in [6.07, 6.45) is 0. The lowest BCUT2D eigenvalue weighted by molar-refractivity contribution is -0.121. The van der Waals surface area contributed by atoms with Crippen molar-refractivity contribution in [2.45, 2.75) is 26.9 Å². The van der Waals surface area contributed by atoms with Crippen LogP contribution in [0.15, 0.2) is 53.3 Å². The highest BCUT2D eigenvalue weighted by Crippen LogP contribution is 2.12. The maximum absolute atomic E-state index is 12.5. The first-order valence-electron chi connectivity index (χ1n) is 8.74. The molecule has 0 atom stereocenters. The molecule has 6 heteroatoms. The van der Waals surface area contributed by atoms with Crippen LogP contribution in [-0.4, -0.2) is 28.2 Å². The van der Waals surface area contributed by atoms with E-state index in [4.69, 9.17) is 4.74 Å². The van der Waals surface area contributed by atoms with E-state index >= 15 is 0 Å². The number of rotatable bonds is 7. The Hall–Kier alpha value is -3.02. The van der Waals surface area contributed by atoms with Gasteiger partial charge in [-0.05, 0) is 38.1 Å². The van der Waals surface area contributed by atoms with Gasteiger partial charge in [0.15, 0.2) is 0 Å². The van der Waals surface area contributed by atoms with Gasteiger partial charge in [-0.15, -0.1) is 0 Å². The predicted octanol–water partition coefficient (Wildman–Crippen LogP) is 2.33. The minimum absolute atomic E-state index is 0.00310. The third-order valence-corrected chi connectivity index (χ3v) is 4.26. The van der Waals surface area contributed by atoms with Crippen LogP contribution >= 0.6 is 0 Å². The normalized spacial score (nSPS) is 10.8. The van der Waals surface area contributed by atoms with Crippen LogP contribution in [0.3, 0.4) is 0 Å². The molecule has 0 spiro atoms. The molecule has 2 aromatic carbocycles. The summed E-state index contributed by atoms with van der Waals surface area (Å²) in [5.41, 5.74) is 2.61. The van der Waals surface area contributed by atoms with E-state index in [0.717, 1.165) is 16.8 Å². The Labute approximate surface area is 152 Å². The Morgan fingerprint density at radius 1 is 1.04 bits per heavy atom. The Kier molecular flexibility index (Phi) is 5.41. The number of ether oxygens (including phenoxy) is 1. The molecule has 0 aliphatic heterocycles. The van der Waals surface area contributed by atoms with Crippen molar-refractivity contribution in [2.24, 2.45) is 0 Å². The standard InChI is InChI=1S/C20H23N3O3/c1-3-22-17-6-4-5-7-18(17)23(20(22)25)14-19(24)21-12-13-26-16-10-8-15(2)9-11-16/h4-11H,3,12-14H2,1-2H3,(H,21,24). The zero-order valence-electron chi connectivity index (χ0n) is 15.1. The number of aromatic nitrogens is 2. The lowest BCUT2D eigenvalue weighted by Crippen LogP contribution is -2.35. The molecule has 136 valence electrons. The summed E-state index contributed by atoms with van der Waals surface area (Å²) in [7, 11) is 0. The topological polar surface area (TPSA) is 65.3 Å². The van der Waals surface area contributed by atoms with Gasteiger partial charge in [-0.2, -0.15) is 0 Å². The molecule has 1 amide bonds. The molecular formula is C20H23N3O3. The second kappa shape index (κ2) is 7.91. The quantitative estimate of drug-likeness (QED) is 0.663.